The monoisotopic (exact) mass is 293 g/mol. The van der Waals surface area contributed by atoms with E-state index in [0.717, 1.165) is 5.56 Å². The highest BCUT2D eigenvalue weighted by molar-refractivity contribution is 6.32. The summed E-state index contributed by atoms with van der Waals surface area (Å²) in [6, 6.07) is 7.49. The van der Waals surface area contributed by atoms with Gasteiger partial charge in [0.05, 0.1) is 9.95 Å². The van der Waals surface area contributed by atoms with Gasteiger partial charge in [-0.05, 0) is 24.6 Å². The Morgan fingerprint density at radius 1 is 1.45 bits per heavy atom. The third kappa shape index (κ3) is 3.04. The molecule has 0 bridgehead atoms. The number of nitrogens with two attached hydrogens (primary N) is 1. The molecule has 1 heterocycles. The second kappa shape index (κ2) is 5.85. The first-order valence-electron chi connectivity index (χ1n) is 5.81. The quantitative estimate of drug-likeness (QED) is 0.688. The van der Waals surface area contributed by atoms with Crippen molar-refractivity contribution in [2.45, 2.75) is 13.0 Å². The molecule has 0 saturated heterocycles. The van der Waals surface area contributed by atoms with E-state index < -0.39 is 4.92 Å². The van der Waals surface area contributed by atoms with Crippen molar-refractivity contribution < 1.29 is 9.66 Å². The molecule has 0 saturated carbocycles. The highest BCUT2D eigenvalue weighted by atomic mass is 35.5. The number of nitro benzene ring substituents is 1. The molecular formula is C13H12ClN3O3. The lowest BCUT2D eigenvalue weighted by Gasteiger charge is -2.09. The van der Waals surface area contributed by atoms with Gasteiger partial charge in [0.25, 0.3) is 0 Å². The van der Waals surface area contributed by atoms with Crippen LogP contribution in [0.5, 0.6) is 11.6 Å². The fraction of sp³-hybridized carbons (Fsp3) is 0.154. The van der Waals surface area contributed by atoms with Gasteiger partial charge >= 0.3 is 5.69 Å². The van der Waals surface area contributed by atoms with Crippen LogP contribution in [0.1, 0.15) is 18.5 Å². The Morgan fingerprint density at radius 2 is 2.20 bits per heavy atom. The van der Waals surface area contributed by atoms with E-state index in [-0.39, 0.29) is 28.4 Å². The molecule has 7 heteroatoms. The molecule has 2 rings (SSSR count). The molecular weight excluding hydrogens is 282 g/mol. The molecule has 1 aromatic carbocycles. The molecule has 2 aromatic rings. The van der Waals surface area contributed by atoms with Crippen LogP contribution in [0, 0.1) is 10.1 Å². The van der Waals surface area contributed by atoms with E-state index in [1.54, 1.807) is 12.1 Å². The van der Waals surface area contributed by atoms with E-state index in [1.165, 1.54) is 24.4 Å². The largest absolute Gasteiger partial charge is 0.430 e. The number of halogens is 1. The molecule has 104 valence electrons. The van der Waals surface area contributed by atoms with Gasteiger partial charge in [-0.25, -0.2) is 4.98 Å². The molecule has 0 unspecified atom stereocenters. The molecule has 0 fully saturated rings. The van der Waals surface area contributed by atoms with Gasteiger partial charge in [-0.15, -0.1) is 0 Å². The second-order valence-electron chi connectivity index (χ2n) is 4.16. The lowest BCUT2D eigenvalue weighted by Crippen LogP contribution is -2.05. The SMILES string of the molecule is C[C@H](N)c1ccnc(Oc2c(Cl)cccc2[N+](=O)[O-])c1. The number of benzene rings is 1. The Kier molecular flexibility index (Phi) is 4.16. The molecule has 0 aliphatic rings. The third-order valence-electron chi connectivity index (χ3n) is 2.63. The van der Waals surface area contributed by atoms with Crippen LogP contribution in [-0.2, 0) is 0 Å². The first-order chi connectivity index (χ1) is 9.49. The average Bonchev–Trinajstić information content (AvgIpc) is 2.41. The molecule has 0 aliphatic carbocycles. The van der Waals surface area contributed by atoms with Gasteiger partial charge in [-0.2, -0.15) is 0 Å². The van der Waals surface area contributed by atoms with Gasteiger partial charge in [-0.1, -0.05) is 17.7 Å². The van der Waals surface area contributed by atoms with Crippen LogP contribution < -0.4 is 10.5 Å². The van der Waals surface area contributed by atoms with Crippen molar-refractivity contribution in [2.75, 3.05) is 0 Å². The van der Waals surface area contributed by atoms with Gasteiger partial charge < -0.3 is 10.5 Å². The normalized spacial score (nSPS) is 11.9. The molecule has 2 N–H and O–H groups in total. The summed E-state index contributed by atoms with van der Waals surface area (Å²) in [6.07, 6.45) is 1.52. The topological polar surface area (TPSA) is 91.3 Å². The molecule has 1 atom stereocenters. The van der Waals surface area contributed by atoms with Crippen molar-refractivity contribution in [3.05, 3.63) is 57.2 Å². The number of nitrogens with zero attached hydrogens (tertiary/aromatic N) is 2. The smallest absolute Gasteiger partial charge is 0.313 e. The Morgan fingerprint density at radius 3 is 2.85 bits per heavy atom. The Hall–Kier alpha value is -2.18. The molecule has 0 radical (unpaired) electrons. The highest BCUT2D eigenvalue weighted by Crippen LogP contribution is 2.37. The van der Waals surface area contributed by atoms with Crippen molar-refractivity contribution in [1.82, 2.24) is 4.98 Å². The minimum Gasteiger partial charge on any atom is -0.430 e. The van der Waals surface area contributed by atoms with Crippen LogP contribution in [-0.4, -0.2) is 9.91 Å². The minimum absolute atomic E-state index is 0.0338. The average molecular weight is 294 g/mol. The number of pyridine rings is 1. The zero-order valence-corrected chi connectivity index (χ0v) is 11.4. The number of nitro groups is 1. The lowest BCUT2D eigenvalue weighted by molar-refractivity contribution is -0.385. The third-order valence-corrected chi connectivity index (χ3v) is 2.93. The van der Waals surface area contributed by atoms with Gasteiger partial charge in [0.15, 0.2) is 0 Å². The maximum absolute atomic E-state index is 11.0. The van der Waals surface area contributed by atoms with E-state index in [4.69, 9.17) is 22.1 Å². The number of para-hydroxylation sites is 1. The van der Waals surface area contributed by atoms with Gasteiger partial charge in [0.2, 0.25) is 11.6 Å². The predicted molar refractivity (Wildman–Crippen MR) is 75.0 cm³/mol. The first-order valence-corrected chi connectivity index (χ1v) is 6.19. The van der Waals surface area contributed by atoms with E-state index in [0.29, 0.717) is 0 Å². The standard InChI is InChI=1S/C13H12ClN3O3/c1-8(15)9-5-6-16-12(7-9)20-13-10(14)3-2-4-11(13)17(18)19/h2-8H,15H2,1H3/t8-/m0/s1. The second-order valence-corrected chi connectivity index (χ2v) is 4.57. The van der Waals surface area contributed by atoms with Crippen molar-refractivity contribution in [2.24, 2.45) is 5.73 Å². The van der Waals surface area contributed by atoms with E-state index in [1.807, 2.05) is 6.92 Å². The molecule has 20 heavy (non-hydrogen) atoms. The summed E-state index contributed by atoms with van der Waals surface area (Å²) in [7, 11) is 0. The van der Waals surface area contributed by atoms with E-state index in [9.17, 15) is 10.1 Å². The maximum Gasteiger partial charge on any atom is 0.313 e. The summed E-state index contributed by atoms with van der Waals surface area (Å²) in [5.74, 6) is 0.171. The van der Waals surface area contributed by atoms with Crippen molar-refractivity contribution in [1.29, 1.82) is 0 Å². The van der Waals surface area contributed by atoms with Crippen molar-refractivity contribution in [3.63, 3.8) is 0 Å². The van der Waals surface area contributed by atoms with Crippen molar-refractivity contribution >= 4 is 17.3 Å². The number of hydrogen-bond acceptors (Lipinski definition) is 5. The Labute approximate surface area is 120 Å². The molecule has 0 amide bonds. The van der Waals surface area contributed by atoms with Crippen LogP contribution in [0.15, 0.2) is 36.5 Å². The summed E-state index contributed by atoms with van der Waals surface area (Å²) in [4.78, 5) is 14.4. The zero-order valence-electron chi connectivity index (χ0n) is 10.6. The van der Waals surface area contributed by atoms with E-state index in [2.05, 4.69) is 4.98 Å². The first kappa shape index (κ1) is 14.2. The number of hydrogen-bond donors (Lipinski definition) is 1. The minimum atomic E-state index is -0.559. The van der Waals surface area contributed by atoms with Crippen LogP contribution >= 0.6 is 11.6 Å². The molecule has 6 nitrogen and oxygen atoms in total. The van der Waals surface area contributed by atoms with Crippen LogP contribution in [0.2, 0.25) is 5.02 Å². The number of ether oxygens (including phenoxy) is 1. The highest BCUT2D eigenvalue weighted by Gasteiger charge is 2.19. The van der Waals surface area contributed by atoms with Gasteiger partial charge in [-0.3, -0.25) is 10.1 Å². The van der Waals surface area contributed by atoms with E-state index >= 15 is 0 Å². The molecule has 1 aromatic heterocycles. The lowest BCUT2D eigenvalue weighted by atomic mass is 10.1. The number of aromatic nitrogens is 1. The summed E-state index contributed by atoms with van der Waals surface area (Å²) in [5.41, 5.74) is 6.36. The fourth-order valence-corrected chi connectivity index (χ4v) is 1.82. The summed E-state index contributed by atoms with van der Waals surface area (Å²) < 4.78 is 5.45. The predicted octanol–water partition coefficient (Wildman–Crippen LogP) is 3.46. The van der Waals surface area contributed by atoms with Crippen LogP contribution in [0.4, 0.5) is 5.69 Å². The van der Waals surface area contributed by atoms with Crippen molar-refractivity contribution in [3.8, 4) is 11.6 Å². The van der Waals surface area contributed by atoms with Gasteiger partial charge in [0.1, 0.15) is 0 Å². The summed E-state index contributed by atoms with van der Waals surface area (Å²) in [5, 5.41) is 11.1. The molecule has 0 spiro atoms. The molecule has 0 aliphatic heterocycles. The van der Waals surface area contributed by atoms with Gasteiger partial charge in [0, 0.05) is 24.4 Å². The Bertz CT molecular complexity index is 647. The summed E-state index contributed by atoms with van der Waals surface area (Å²) in [6.45, 7) is 1.82. The van der Waals surface area contributed by atoms with Crippen LogP contribution in [0.25, 0.3) is 0 Å². The fourth-order valence-electron chi connectivity index (χ4n) is 1.61. The Balaban J connectivity index is 2.40. The summed E-state index contributed by atoms with van der Waals surface area (Å²) >= 11 is 5.94. The van der Waals surface area contributed by atoms with Crippen LogP contribution in [0.3, 0.4) is 0 Å². The number of rotatable bonds is 4. The maximum atomic E-state index is 11.0. The zero-order chi connectivity index (χ0) is 14.7.